The van der Waals surface area contributed by atoms with E-state index in [1.165, 1.54) is 4.90 Å². The van der Waals surface area contributed by atoms with Crippen molar-refractivity contribution < 1.29 is 28.6 Å². The summed E-state index contributed by atoms with van der Waals surface area (Å²) in [7, 11) is 3.14. The fourth-order valence-electron chi connectivity index (χ4n) is 4.29. The molecular formula is C29H31N3O6. The molecule has 0 bridgehead atoms. The molecule has 3 aromatic carbocycles. The van der Waals surface area contributed by atoms with Gasteiger partial charge in [0, 0.05) is 12.2 Å². The average Bonchev–Trinajstić information content (AvgIpc) is 3.17. The number of methoxy groups -OCH3 is 2. The third-order valence-corrected chi connectivity index (χ3v) is 6.28. The molecule has 9 nitrogen and oxygen atoms in total. The van der Waals surface area contributed by atoms with Crippen LogP contribution in [0.3, 0.4) is 0 Å². The lowest BCUT2D eigenvalue weighted by atomic mass is 10.1. The first-order chi connectivity index (χ1) is 18.4. The summed E-state index contributed by atoms with van der Waals surface area (Å²) in [5.41, 5.74) is 1.98. The van der Waals surface area contributed by atoms with Gasteiger partial charge in [-0.3, -0.25) is 9.59 Å². The molecule has 0 saturated carbocycles. The van der Waals surface area contributed by atoms with Gasteiger partial charge in [-0.1, -0.05) is 12.1 Å². The number of carbonyl (C=O) groups excluding carboxylic acids is 3. The lowest BCUT2D eigenvalue weighted by molar-refractivity contribution is -0.124. The number of rotatable bonds is 11. The number of hydrogen-bond acceptors (Lipinski definition) is 6. The predicted octanol–water partition coefficient (Wildman–Crippen LogP) is 4.51. The molecular weight excluding hydrogens is 486 g/mol. The van der Waals surface area contributed by atoms with E-state index in [-0.39, 0.29) is 18.9 Å². The van der Waals surface area contributed by atoms with Crippen molar-refractivity contribution in [2.75, 3.05) is 37.6 Å². The Bertz CT molecular complexity index is 1260. The minimum absolute atomic E-state index is 0.174. The molecule has 0 unspecified atom stereocenters. The van der Waals surface area contributed by atoms with Gasteiger partial charge in [-0.05, 0) is 79.6 Å². The maximum Gasteiger partial charge on any atom is 0.332 e. The van der Waals surface area contributed by atoms with E-state index in [1.54, 1.807) is 62.8 Å². The maximum atomic E-state index is 13.5. The van der Waals surface area contributed by atoms with Gasteiger partial charge in [-0.25, -0.2) is 9.69 Å². The van der Waals surface area contributed by atoms with Crippen molar-refractivity contribution in [3.63, 3.8) is 0 Å². The third kappa shape index (κ3) is 6.05. The van der Waals surface area contributed by atoms with Crippen molar-refractivity contribution in [1.29, 1.82) is 0 Å². The Morgan fingerprint density at radius 3 is 2.00 bits per heavy atom. The van der Waals surface area contributed by atoms with Gasteiger partial charge in [-0.2, -0.15) is 0 Å². The highest BCUT2D eigenvalue weighted by Crippen LogP contribution is 2.29. The molecule has 1 aliphatic rings. The van der Waals surface area contributed by atoms with Crippen molar-refractivity contribution in [2.45, 2.75) is 25.8 Å². The van der Waals surface area contributed by atoms with E-state index < -0.39 is 18.0 Å². The highest BCUT2D eigenvalue weighted by atomic mass is 16.5. The van der Waals surface area contributed by atoms with Crippen LogP contribution in [0.2, 0.25) is 0 Å². The van der Waals surface area contributed by atoms with E-state index in [0.717, 1.165) is 16.2 Å². The molecule has 1 saturated heterocycles. The van der Waals surface area contributed by atoms with Gasteiger partial charge >= 0.3 is 6.03 Å². The van der Waals surface area contributed by atoms with Crippen LogP contribution in [0, 0.1) is 0 Å². The fourth-order valence-corrected chi connectivity index (χ4v) is 4.29. The van der Waals surface area contributed by atoms with E-state index in [2.05, 4.69) is 5.32 Å². The van der Waals surface area contributed by atoms with Crippen LogP contribution in [-0.4, -0.2) is 56.2 Å². The summed E-state index contributed by atoms with van der Waals surface area (Å²) in [6.07, 6.45) is 0.337. The Morgan fingerprint density at radius 2 is 1.42 bits per heavy atom. The lowest BCUT2D eigenvalue weighted by Gasteiger charge is -2.21. The number of amides is 4. The van der Waals surface area contributed by atoms with Gasteiger partial charge in [0.25, 0.3) is 5.91 Å². The van der Waals surface area contributed by atoms with E-state index in [1.807, 2.05) is 31.2 Å². The summed E-state index contributed by atoms with van der Waals surface area (Å²) in [6, 6.07) is 19.8. The van der Waals surface area contributed by atoms with Crippen molar-refractivity contribution in [3.8, 4) is 17.2 Å². The van der Waals surface area contributed by atoms with Crippen LogP contribution in [0.1, 0.15) is 18.9 Å². The summed E-state index contributed by atoms with van der Waals surface area (Å²) < 4.78 is 15.8. The maximum absolute atomic E-state index is 13.5. The standard InChI is InChI=1S/C29H31N3O6/c1-4-38-25-13-7-21(8-14-25)30-27(33)19-26-28(34)32(22-9-15-24(37-3)16-10-22)29(35)31(26)18-17-20-5-11-23(36-2)12-6-20/h5-16,26H,4,17-19H2,1-3H3,(H,30,33)/t26-/m0/s1. The van der Waals surface area contributed by atoms with Gasteiger partial charge in [0.05, 0.1) is 32.9 Å². The van der Waals surface area contributed by atoms with E-state index in [0.29, 0.717) is 35.9 Å². The SMILES string of the molecule is CCOc1ccc(NC(=O)C[C@H]2C(=O)N(c3ccc(OC)cc3)C(=O)N2CCc2ccc(OC)cc2)cc1. The Hall–Kier alpha value is -4.53. The van der Waals surface area contributed by atoms with Crippen LogP contribution < -0.4 is 24.4 Å². The smallest absolute Gasteiger partial charge is 0.332 e. The van der Waals surface area contributed by atoms with Crippen LogP contribution in [0.4, 0.5) is 16.2 Å². The number of nitrogens with zero attached hydrogens (tertiary/aromatic N) is 2. The average molecular weight is 518 g/mol. The summed E-state index contributed by atoms with van der Waals surface area (Å²) in [5.74, 6) is 1.22. The molecule has 0 spiro atoms. The minimum atomic E-state index is -0.939. The van der Waals surface area contributed by atoms with Crippen LogP contribution in [0.25, 0.3) is 0 Å². The summed E-state index contributed by atoms with van der Waals surface area (Å²) in [5, 5.41) is 2.82. The highest BCUT2D eigenvalue weighted by molar-refractivity contribution is 6.22. The molecule has 0 aromatic heterocycles. The Morgan fingerprint density at radius 1 is 0.842 bits per heavy atom. The van der Waals surface area contributed by atoms with E-state index in [4.69, 9.17) is 14.2 Å². The summed E-state index contributed by atoms with van der Waals surface area (Å²) >= 11 is 0. The zero-order valence-electron chi connectivity index (χ0n) is 21.7. The molecule has 9 heteroatoms. The molecule has 4 amide bonds. The predicted molar refractivity (Wildman–Crippen MR) is 144 cm³/mol. The van der Waals surface area contributed by atoms with Crippen molar-refractivity contribution in [1.82, 2.24) is 4.90 Å². The number of hydrogen-bond donors (Lipinski definition) is 1. The van der Waals surface area contributed by atoms with E-state index in [9.17, 15) is 14.4 Å². The van der Waals surface area contributed by atoms with Crippen molar-refractivity contribution >= 4 is 29.2 Å². The number of urea groups is 1. The number of anilines is 2. The molecule has 1 heterocycles. The number of imide groups is 1. The quantitative estimate of drug-likeness (QED) is 0.376. The van der Waals surface area contributed by atoms with Crippen LogP contribution in [-0.2, 0) is 16.0 Å². The Labute approximate surface area is 221 Å². The largest absolute Gasteiger partial charge is 0.497 e. The number of ether oxygens (including phenoxy) is 3. The molecule has 4 rings (SSSR count). The zero-order chi connectivity index (χ0) is 27.1. The number of nitrogens with one attached hydrogen (secondary N) is 1. The third-order valence-electron chi connectivity index (χ3n) is 6.28. The summed E-state index contributed by atoms with van der Waals surface area (Å²) in [4.78, 5) is 42.5. The normalized spacial score (nSPS) is 15.0. The van der Waals surface area contributed by atoms with E-state index >= 15 is 0 Å². The zero-order valence-corrected chi connectivity index (χ0v) is 21.7. The molecule has 1 atom stereocenters. The highest BCUT2D eigenvalue weighted by Gasteiger charge is 2.46. The van der Waals surface area contributed by atoms with Gasteiger partial charge < -0.3 is 24.4 Å². The summed E-state index contributed by atoms with van der Waals surface area (Å²) in [6.45, 7) is 2.70. The molecule has 198 valence electrons. The topological polar surface area (TPSA) is 97.4 Å². The van der Waals surface area contributed by atoms with Gasteiger partial charge in [0.15, 0.2) is 0 Å². The number of benzene rings is 3. The molecule has 1 aliphatic heterocycles. The molecule has 1 N–H and O–H groups in total. The minimum Gasteiger partial charge on any atom is -0.497 e. The molecule has 38 heavy (non-hydrogen) atoms. The van der Waals surface area contributed by atoms with Crippen LogP contribution in [0.15, 0.2) is 72.8 Å². The fraction of sp³-hybridized carbons (Fsp3) is 0.276. The van der Waals surface area contributed by atoms with Gasteiger partial charge in [0.1, 0.15) is 23.3 Å². The second-order valence-electron chi connectivity index (χ2n) is 8.67. The first-order valence-corrected chi connectivity index (χ1v) is 12.4. The van der Waals surface area contributed by atoms with Crippen LogP contribution >= 0.6 is 0 Å². The Kier molecular flexibility index (Phi) is 8.47. The van der Waals surface area contributed by atoms with Crippen molar-refractivity contribution in [3.05, 3.63) is 78.4 Å². The Balaban J connectivity index is 1.52. The monoisotopic (exact) mass is 517 g/mol. The van der Waals surface area contributed by atoms with Gasteiger partial charge in [0.2, 0.25) is 5.91 Å². The number of carbonyl (C=O) groups is 3. The second kappa shape index (κ2) is 12.1. The van der Waals surface area contributed by atoms with Crippen molar-refractivity contribution in [2.24, 2.45) is 0 Å². The molecule has 1 fully saturated rings. The second-order valence-corrected chi connectivity index (χ2v) is 8.67. The molecule has 0 aliphatic carbocycles. The molecule has 0 radical (unpaired) electrons. The molecule has 3 aromatic rings. The lowest BCUT2D eigenvalue weighted by Crippen LogP contribution is -2.39. The van der Waals surface area contributed by atoms with Gasteiger partial charge in [-0.15, -0.1) is 0 Å². The first-order valence-electron chi connectivity index (χ1n) is 12.4. The first kappa shape index (κ1) is 26.5. The van der Waals surface area contributed by atoms with Crippen LogP contribution in [0.5, 0.6) is 17.2 Å².